The van der Waals surface area contributed by atoms with Crippen molar-refractivity contribution < 1.29 is 24.2 Å². The molecule has 2 aliphatic rings. The third kappa shape index (κ3) is 2.86. The molecule has 2 aliphatic heterocycles. The number of hydrogen-bond acceptors (Lipinski definition) is 4. The second-order valence-corrected chi connectivity index (χ2v) is 5.82. The highest BCUT2D eigenvalue weighted by Gasteiger charge is 2.36. The van der Waals surface area contributed by atoms with E-state index in [1.54, 1.807) is 31.2 Å². The average molecular weight is 318 g/mol. The normalized spacial score (nSPS) is 23.4. The number of para-hydroxylation sites is 2. The van der Waals surface area contributed by atoms with E-state index in [0.29, 0.717) is 24.4 Å². The average Bonchev–Trinajstić information content (AvgIpc) is 3.02. The van der Waals surface area contributed by atoms with E-state index in [4.69, 9.17) is 9.84 Å². The van der Waals surface area contributed by atoms with Crippen LogP contribution in [0.3, 0.4) is 0 Å². The fourth-order valence-electron chi connectivity index (χ4n) is 2.95. The molecule has 0 aliphatic carbocycles. The Morgan fingerprint density at radius 2 is 2.09 bits per heavy atom. The van der Waals surface area contributed by atoms with Gasteiger partial charge in [-0.3, -0.25) is 19.3 Å². The van der Waals surface area contributed by atoms with E-state index in [1.807, 2.05) is 0 Å². The van der Waals surface area contributed by atoms with Gasteiger partial charge in [0.2, 0.25) is 5.91 Å². The van der Waals surface area contributed by atoms with Gasteiger partial charge < -0.3 is 14.7 Å². The highest BCUT2D eigenvalue weighted by molar-refractivity contribution is 6.03. The van der Waals surface area contributed by atoms with Crippen LogP contribution in [0.4, 0.5) is 5.69 Å². The maximum Gasteiger partial charge on any atom is 0.308 e. The fraction of sp³-hybridized carbons (Fsp3) is 0.438. The van der Waals surface area contributed by atoms with Crippen molar-refractivity contribution in [3.05, 3.63) is 24.3 Å². The molecule has 23 heavy (non-hydrogen) atoms. The molecule has 2 unspecified atom stereocenters. The number of rotatable bonds is 3. The number of nitrogens with zero attached hydrogens (tertiary/aromatic N) is 2. The van der Waals surface area contributed by atoms with Crippen LogP contribution in [-0.2, 0) is 14.4 Å². The molecule has 1 N–H and O–H groups in total. The lowest BCUT2D eigenvalue weighted by atomic mass is 10.1. The number of benzene rings is 1. The lowest BCUT2D eigenvalue weighted by Crippen LogP contribution is -2.49. The van der Waals surface area contributed by atoms with Gasteiger partial charge in [-0.1, -0.05) is 12.1 Å². The van der Waals surface area contributed by atoms with Crippen molar-refractivity contribution in [3.63, 3.8) is 0 Å². The van der Waals surface area contributed by atoms with Crippen LogP contribution in [0.25, 0.3) is 0 Å². The van der Waals surface area contributed by atoms with Crippen LogP contribution in [0.1, 0.15) is 13.3 Å². The quantitative estimate of drug-likeness (QED) is 0.888. The van der Waals surface area contributed by atoms with Gasteiger partial charge in [-0.05, 0) is 25.5 Å². The molecule has 7 heteroatoms. The number of fused-ring (bicyclic) bond motifs is 1. The zero-order chi connectivity index (χ0) is 16.6. The Hall–Kier alpha value is -2.57. The Labute approximate surface area is 133 Å². The molecule has 0 radical (unpaired) electrons. The number of hydrogen-bond donors (Lipinski definition) is 1. The van der Waals surface area contributed by atoms with Gasteiger partial charge in [0, 0.05) is 13.1 Å². The molecule has 2 atom stereocenters. The van der Waals surface area contributed by atoms with Crippen LogP contribution < -0.4 is 9.64 Å². The minimum atomic E-state index is -0.887. The molecule has 0 spiro atoms. The molecular weight excluding hydrogens is 300 g/mol. The van der Waals surface area contributed by atoms with E-state index in [0.717, 1.165) is 0 Å². The van der Waals surface area contributed by atoms with E-state index in [2.05, 4.69) is 0 Å². The number of ether oxygens (including phenoxy) is 1. The van der Waals surface area contributed by atoms with Gasteiger partial charge in [0.25, 0.3) is 5.91 Å². The Balaban J connectivity index is 1.75. The molecule has 2 amide bonds. The number of carbonyl (C=O) groups excluding carboxylic acids is 2. The van der Waals surface area contributed by atoms with E-state index >= 15 is 0 Å². The number of carboxylic acids is 1. The van der Waals surface area contributed by atoms with Crippen LogP contribution in [0.15, 0.2) is 24.3 Å². The Morgan fingerprint density at radius 1 is 1.35 bits per heavy atom. The summed E-state index contributed by atoms with van der Waals surface area (Å²) in [4.78, 5) is 38.7. The van der Waals surface area contributed by atoms with Crippen molar-refractivity contribution in [3.8, 4) is 5.75 Å². The molecule has 1 aromatic rings. The Kier molecular flexibility index (Phi) is 3.94. The number of carboxylic acid groups (broad SMARTS) is 1. The van der Waals surface area contributed by atoms with Gasteiger partial charge >= 0.3 is 5.97 Å². The minimum Gasteiger partial charge on any atom is -0.481 e. The Bertz CT molecular complexity index is 660. The SMILES string of the molecule is CC1Oc2ccccc2N(CC(=O)N2CCC(C(=O)O)C2)C1=O. The zero-order valence-corrected chi connectivity index (χ0v) is 12.8. The summed E-state index contributed by atoms with van der Waals surface area (Å²) in [6, 6.07) is 7.07. The topological polar surface area (TPSA) is 87.2 Å². The van der Waals surface area contributed by atoms with Crippen molar-refractivity contribution in [2.24, 2.45) is 5.92 Å². The van der Waals surface area contributed by atoms with Gasteiger partial charge in [-0.25, -0.2) is 0 Å². The van der Waals surface area contributed by atoms with Crippen molar-refractivity contribution >= 4 is 23.5 Å². The van der Waals surface area contributed by atoms with Crippen LogP contribution in [-0.4, -0.2) is 53.5 Å². The molecule has 7 nitrogen and oxygen atoms in total. The van der Waals surface area contributed by atoms with Crippen molar-refractivity contribution in [1.82, 2.24) is 4.90 Å². The van der Waals surface area contributed by atoms with Crippen LogP contribution in [0.2, 0.25) is 0 Å². The minimum absolute atomic E-state index is 0.101. The number of amides is 2. The van der Waals surface area contributed by atoms with Gasteiger partial charge in [0.1, 0.15) is 12.3 Å². The summed E-state index contributed by atoms with van der Waals surface area (Å²) in [5.41, 5.74) is 0.568. The fourth-order valence-corrected chi connectivity index (χ4v) is 2.95. The van der Waals surface area contributed by atoms with E-state index < -0.39 is 18.0 Å². The van der Waals surface area contributed by atoms with Gasteiger partial charge in [0.05, 0.1) is 11.6 Å². The number of likely N-dealkylation sites (tertiary alicyclic amines) is 1. The summed E-state index contributed by atoms with van der Waals surface area (Å²) in [6.07, 6.45) is -0.200. The molecule has 0 saturated carbocycles. The van der Waals surface area contributed by atoms with Gasteiger partial charge in [-0.2, -0.15) is 0 Å². The monoisotopic (exact) mass is 318 g/mol. The maximum atomic E-state index is 12.4. The molecular formula is C16H18N2O5. The second-order valence-electron chi connectivity index (χ2n) is 5.82. The van der Waals surface area contributed by atoms with Crippen molar-refractivity contribution in [2.45, 2.75) is 19.4 Å². The zero-order valence-electron chi connectivity index (χ0n) is 12.8. The summed E-state index contributed by atoms with van der Waals surface area (Å²) in [7, 11) is 0. The number of anilines is 1. The van der Waals surface area contributed by atoms with Crippen molar-refractivity contribution in [1.29, 1.82) is 0 Å². The first kappa shape index (κ1) is 15.3. The summed E-state index contributed by atoms with van der Waals surface area (Å²) in [5, 5.41) is 9.02. The first-order valence-corrected chi connectivity index (χ1v) is 7.55. The molecule has 2 heterocycles. The smallest absolute Gasteiger partial charge is 0.308 e. The number of carbonyl (C=O) groups is 3. The molecule has 1 fully saturated rings. The van der Waals surface area contributed by atoms with E-state index in [-0.39, 0.29) is 24.9 Å². The molecule has 0 aromatic heterocycles. The summed E-state index contributed by atoms with van der Waals surface area (Å²) < 4.78 is 5.54. The van der Waals surface area contributed by atoms with Crippen LogP contribution in [0, 0.1) is 5.92 Å². The lowest BCUT2D eigenvalue weighted by molar-refractivity contribution is -0.141. The maximum absolute atomic E-state index is 12.4. The predicted molar refractivity (Wildman–Crippen MR) is 81.2 cm³/mol. The Morgan fingerprint density at radius 3 is 2.78 bits per heavy atom. The largest absolute Gasteiger partial charge is 0.481 e. The van der Waals surface area contributed by atoms with Gasteiger partial charge in [-0.15, -0.1) is 0 Å². The first-order valence-electron chi connectivity index (χ1n) is 7.55. The second kappa shape index (κ2) is 5.91. The third-order valence-electron chi connectivity index (χ3n) is 4.26. The molecule has 1 aromatic carbocycles. The lowest BCUT2D eigenvalue weighted by Gasteiger charge is -2.33. The highest BCUT2D eigenvalue weighted by atomic mass is 16.5. The predicted octanol–water partition coefficient (Wildman–Crippen LogP) is 0.734. The summed E-state index contributed by atoms with van der Waals surface area (Å²) >= 11 is 0. The summed E-state index contributed by atoms with van der Waals surface area (Å²) in [6.45, 7) is 2.15. The van der Waals surface area contributed by atoms with Crippen molar-refractivity contribution in [2.75, 3.05) is 24.5 Å². The van der Waals surface area contributed by atoms with E-state index in [9.17, 15) is 14.4 Å². The van der Waals surface area contributed by atoms with Gasteiger partial charge in [0.15, 0.2) is 6.10 Å². The molecule has 3 rings (SSSR count). The molecule has 1 saturated heterocycles. The van der Waals surface area contributed by atoms with E-state index in [1.165, 1.54) is 9.80 Å². The number of aliphatic carboxylic acids is 1. The first-order chi connectivity index (χ1) is 11.0. The van der Waals surface area contributed by atoms with Crippen LogP contribution >= 0.6 is 0 Å². The standard InChI is InChI=1S/C16H18N2O5/c1-10-15(20)18(12-4-2-3-5-13(12)23-10)9-14(19)17-7-6-11(8-17)16(21)22/h2-5,10-11H,6-9H2,1H3,(H,21,22). The summed E-state index contributed by atoms with van der Waals surface area (Å²) in [5.74, 6) is -1.36. The third-order valence-corrected chi connectivity index (χ3v) is 4.26. The van der Waals surface area contributed by atoms with Crippen LogP contribution in [0.5, 0.6) is 5.75 Å². The highest BCUT2D eigenvalue weighted by Crippen LogP contribution is 2.33. The molecule has 0 bridgehead atoms. The molecule has 122 valence electrons.